The van der Waals surface area contributed by atoms with Crippen LogP contribution in [0.1, 0.15) is 21.5 Å². The van der Waals surface area contributed by atoms with Gasteiger partial charge in [0, 0.05) is 34.4 Å². The first kappa shape index (κ1) is 16.1. The second-order valence-corrected chi connectivity index (χ2v) is 6.19. The Morgan fingerprint density at radius 1 is 1.00 bits per heavy atom. The summed E-state index contributed by atoms with van der Waals surface area (Å²) < 4.78 is 0.757. The van der Waals surface area contributed by atoms with Crippen molar-refractivity contribution in [2.24, 2.45) is 0 Å². The number of carbonyl (C=O) groups is 2. The van der Waals surface area contributed by atoms with Gasteiger partial charge in [-0.2, -0.15) is 0 Å². The zero-order valence-corrected chi connectivity index (χ0v) is 13.9. The molecule has 0 unspecified atom stereocenters. The molecule has 0 radical (unpaired) electrons. The summed E-state index contributed by atoms with van der Waals surface area (Å²) in [5.41, 5.74) is 1.92. The average Bonchev–Trinajstić information content (AvgIpc) is 2.49. The average molecular weight is 389 g/mol. The lowest BCUT2D eigenvalue weighted by Crippen LogP contribution is -2.37. The van der Waals surface area contributed by atoms with Crippen molar-refractivity contribution in [3.8, 4) is 11.5 Å². The molecular weight excluding hydrogens is 376 g/mol. The SMILES string of the molecule is O=C1NC(=O)c2ccc(Br)cc2/C1=C/NCc1cc(O)cc(O)c1. The number of phenols is 2. The molecule has 24 heavy (non-hydrogen) atoms. The number of hydrogen-bond donors (Lipinski definition) is 4. The van der Waals surface area contributed by atoms with Crippen molar-refractivity contribution in [3.05, 3.63) is 63.8 Å². The third kappa shape index (κ3) is 3.26. The second kappa shape index (κ2) is 6.37. The van der Waals surface area contributed by atoms with E-state index in [1.807, 2.05) is 0 Å². The summed E-state index contributed by atoms with van der Waals surface area (Å²) in [5, 5.41) is 24.2. The molecular formula is C17H13BrN2O4. The summed E-state index contributed by atoms with van der Waals surface area (Å²) in [4.78, 5) is 24.0. The number of nitrogens with one attached hydrogen (secondary N) is 2. The predicted octanol–water partition coefficient (Wildman–Crippen LogP) is 2.26. The molecule has 0 bridgehead atoms. The maximum absolute atomic E-state index is 12.1. The van der Waals surface area contributed by atoms with Gasteiger partial charge in [0.05, 0.1) is 5.57 Å². The molecule has 122 valence electrons. The molecule has 4 N–H and O–H groups in total. The summed E-state index contributed by atoms with van der Waals surface area (Å²) >= 11 is 3.33. The maximum atomic E-state index is 12.1. The first-order valence-electron chi connectivity index (χ1n) is 7.05. The monoisotopic (exact) mass is 388 g/mol. The van der Waals surface area contributed by atoms with Crippen molar-refractivity contribution in [1.82, 2.24) is 10.6 Å². The number of imide groups is 1. The Labute approximate surface area is 145 Å². The number of fused-ring (bicyclic) bond motifs is 1. The van der Waals surface area contributed by atoms with Crippen molar-refractivity contribution < 1.29 is 19.8 Å². The summed E-state index contributed by atoms with van der Waals surface area (Å²) in [6, 6.07) is 9.31. The van der Waals surface area contributed by atoms with E-state index in [-0.39, 0.29) is 18.0 Å². The fourth-order valence-electron chi connectivity index (χ4n) is 2.47. The van der Waals surface area contributed by atoms with Crippen LogP contribution in [-0.4, -0.2) is 22.0 Å². The first-order valence-corrected chi connectivity index (χ1v) is 7.84. The van der Waals surface area contributed by atoms with E-state index in [0.717, 1.165) is 4.47 Å². The molecule has 1 aliphatic heterocycles. The van der Waals surface area contributed by atoms with Gasteiger partial charge in [0.2, 0.25) is 0 Å². The van der Waals surface area contributed by atoms with Crippen LogP contribution in [0.15, 0.2) is 47.1 Å². The minimum atomic E-state index is -0.489. The largest absolute Gasteiger partial charge is 0.508 e. The number of amides is 2. The van der Waals surface area contributed by atoms with E-state index in [1.165, 1.54) is 24.4 Å². The van der Waals surface area contributed by atoms with Crippen LogP contribution in [0.25, 0.3) is 5.57 Å². The van der Waals surface area contributed by atoms with Crippen molar-refractivity contribution in [3.63, 3.8) is 0 Å². The fourth-order valence-corrected chi connectivity index (χ4v) is 2.83. The van der Waals surface area contributed by atoms with Crippen molar-refractivity contribution >= 4 is 33.3 Å². The number of hydrogen-bond acceptors (Lipinski definition) is 5. The normalized spacial score (nSPS) is 15.1. The minimum Gasteiger partial charge on any atom is -0.508 e. The molecule has 0 aromatic heterocycles. The highest BCUT2D eigenvalue weighted by Crippen LogP contribution is 2.27. The van der Waals surface area contributed by atoms with Crippen molar-refractivity contribution in [1.29, 1.82) is 0 Å². The van der Waals surface area contributed by atoms with Gasteiger partial charge < -0.3 is 15.5 Å². The Balaban J connectivity index is 1.87. The van der Waals surface area contributed by atoms with Crippen LogP contribution in [0.4, 0.5) is 0 Å². The Morgan fingerprint density at radius 3 is 2.42 bits per heavy atom. The molecule has 0 spiro atoms. The van der Waals surface area contributed by atoms with Gasteiger partial charge in [-0.1, -0.05) is 15.9 Å². The number of rotatable bonds is 3. The predicted molar refractivity (Wildman–Crippen MR) is 91.2 cm³/mol. The van der Waals surface area contributed by atoms with Crippen LogP contribution in [0, 0.1) is 0 Å². The number of phenolic OH excluding ortho intramolecular Hbond substituents is 2. The van der Waals surface area contributed by atoms with Crippen LogP contribution in [0.5, 0.6) is 11.5 Å². The van der Waals surface area contributed by atoms with Crippen LogP contribution >= 0.6 is 15.9 Å². The topological polar surface area (TPSA) is 98.7 Å². The number of benzene rings is 2. The Bertz CT molecular complexity index is 857. The summed E-state index contributed by atoms with van der Waals surface area (Å²) in [7, 11) is 0. The number of carbonyl (C=O) groups excluding carboxylic acids is 2. The van der Waals surface area contributed by atoms with E-state index in [2.05, 4.69) is 26.6 Å². The standard InChI is InChI=1S/C17H13BrN2O4/c18-10-1-2-13-14(5-10)15(17(24)20-16(13)23)8-19-7-9-3-11(21)6-12(22)4-9/h1-6,8,19,21-22H,7H2,(H,20,23,24)/b15-8-. The third-order valence-electron chi connectivity index (χ3n) is 3.50. The molecule has 2 aromatic carbocycles. The molecule has 6 nitrogen and oxygen atoms in total. The maximum Gasteiger partial charge on any atom is 0.260 e. The third-order valence-corrected chi connectivity index (χ3v) is 4.00. The molecule has 2 aromatic rings. The summed E-state index contributed by atoms with van der Waals surface area (Å²) in [5.74, 6) is -1.01. The van der Waals surface area contributed by atoms with E-state index < -0.39 is 11.8 Å². The van der Waals surface area contributed by atoms with Gasteiger partial charge in [-0.05, 0) is 35.9 Å². The van der Waals surface area contributed by atoms with E-state index in [9.17, 15) is 19.8 Å². The fraction of sp³-hybridized carbons (Fsp3) is 0.0588. The Kier molecular flexibility index (Phi) is 4.26. The van der Waals surface area contributed by atoms with E-state index >= 15 is 0 Å². The van der Waals surface area contributed by atoms with Crippen LogP contribution in [0.2, 0.25) is 0 Å². The Morgan fingerprint density at radius 2 is 1.71 bits per heavy atom. The zero-order valence-electron chi connectivity index (χ0n) is 12.3. The van der Waals surface area contributed by atoms with Crippen LogP contribution in [0.3, 0.4) is 0 Å². The molecule has 0 saturated carbocycles. The van der Waals surface area contributed by atoms with Gasteiger partial charge in [0.1, 0.15) is 11.5 Å². The highest BCUT2D eigenvalue weighted by Gasteiger charge is 2.27. The van der Waals surface area contributed by atoms with E-state index in [4.69, 9.17) is 0 Å². The highest BCUT2D eigenvalue weighted by molar-refractivity contribution is 9.10. The first-order chi connectivity index (χ1) is 11.4. The lowest BCUT2D eigenvalue weighted by atomic mass is 9.95. The lowest BCUT2D eigenvalue weighted by Gasteiger charge is -2.18. The van der Waals surface area contributed by atoms with Gasteiger partial charge >= 0.3 is 0 Å². The van der Waals surface area contributed by atoms with Gasteiger partial charge in [0.25, 0.3) is 11.8 Å². The van der Waals surface area contributed by atoms with Gasteiger partial charge in [-0.3, -0.25) is 14.9 Å². The Hall–Kier alpha value is -2.80. The van der Waals surface area contributed by atoms with Crippen molar-refractivity contribution in [2.45, 2.75) is 6.54 Å². The molecule has 0 fully saturated rings. The van der Waals surface area contributed by atoms with Crippen LogP contribution in [-0.2, 0) is 11.3 Å². The highest BCUT2D eigenvalue weighted by atomic mass is 79.9. The minimum absolute atomic E-state index is 0.0465. The lowest BCUT2D eigenvalue weighted by molar-refractivity contribution is -0.114. The van der Waals surface area contributed by atoms with Crippen molar-refractivity contribution in [2.75, 3.05) is 0 Å². The molecule has 0 saturated heterocycles. The summed E-state index contributed by atoms with van der Waals surface area (Å²) in [6.45, 7) is 0.288. The second-order valence-electron chi connectivity index (χ2n) is 5.27. The molecule has 1 aliphatic rings. The van der Waals surface area contributed by atoms with Gasteiger partial charge in [0.15, 0.2) is 0 Å². The molecule has 2 amide bonds. The summed E-state index contributed by atoms with van der Waals surface area (Å²) in [6.07, 6.45) is 1.51. The van der Waals surface area contributed by atoms with E-state index in [0.29, 0.717) is 22.3 Å². The molecule has 0 aliphatic carbocycles. The van der Waals surface area contributed by atoms with Gasteiger partial charge in [-0.15, -0.1) is 0 Å². The van der Waals surface area contributed by atoms with Crippen LogP contribution < -0.4 is 10.6 Å². The number of halogens is 1. The quantitative estimate of drug-likeness (QED) is 0.477. The molecule has 7 heteroatoms. The molecule has 1 heterocycles. The molecule has 0 atom stereocenters. The molecule has 3 rings (SSSR count). The number of aromatic hydroxyl groups is 2. The van der Waals surface area contributed by atoms with E-state index in [1.54, 1.807) is 18.2 Å². The smallest absolute Gasteiger partial charge is 0.260 e. The zero-order chi connectivity index (χ0) is 17.3. The van der Waals surface area contributed by atoms with Gasteiger partial charge in [-0.25, -0.2) is 0 Å².